The molecule has 2 aromatic carbocycles. The van der Waals surface area contributed by atoms with Crippen molar-refractivity contribution in [1.82, 2.24) is 29.9 Å². The molecule has 2 N–H and O–H groups in total. The fourth-order valence-corrected chi connectivity index (χ4v) is 4.14. The lowest BCUT2D eigenvalue weighted by atomic mass is 9.95. The van der Waals surface area contributed by atoms with Gasteiger partial charge in [-0.15, -0.1) is 0 Å². The number of hydrogen-bond acceptors (Lipinski definition) is 4. The van der Waals surface area contributed by atoms with Gasteiger partial charge < -0.3 is 4.90 Å². The van der Waals surface area contributed by atoms with Crippen LogP contribution in [0, 0.1) is 6.92 Å². The molecule has 152 valence electrons. The minimum Gasteiger partial charge on any atom is -0.337 e. The maximum Gasteiger partial charge on any atom is 0.347 e. The molecule has 4 aromatic rings. The molecule has 1 amide bonds. The number of aryl methyl sites for hydroxylation is 1. The monoisotopic (exact) mass is 402 g/mol. The first-order valence-corrected chi connectivity index (χ1v) is 10.1. The molecule has 1 fully saturated rings. The van der Waals surface area contributed by atoms with Crippen LogP contribution in [-0.4, -0.2) is 48.9 Å². The van der Waals surface area contributed by atoms with Crippen molar-refractivity contribution in [3.8, 4) is 5.69 Å². The van der Waals surface area contributed by atoms with Crippen molar-refractivity contribution in [2.45, 2.75) is 25.7 Å². The molecule has 5 rings (SSSR count). The molecular formula is C22H22N6O2. The van der Waals surface area contributed by atoms with Crippen LogP contribution in [0.1, 0.15) is 40.6 Å². The van der Waals surface area contributed by atoms with Gasteiger partial charge in [-0.25, -0.2) is 14.5 Å². The number of rotatable bonds is 3. The third-order valence-electron chi connectivity index (χ3n) is 5.81. The number of para-hydroxylation sites is 1. The third kappa shape index (κ3) is 3.10. The van der Waals surface area contributed by atoms with E-state index in [-0.39, 0.29) is 17.5 Å². The molecule has 3 heterocycles. The number of carbonyl (C=O) groups excluding carboxylic acids is 1. The minimum atomic E-state index is -0.240. The molecule has 0 radical (unpaired) electrons. The van der Waals surface area contributed by atoms with Crippen molar-refractivity contribution in [3.05, 3.63) is 76.1 Å². The van der Waals surface area contributed by atoms with Crippen molar-refractivity contribution in [2.24, 2.45) is 0 Å². The van der Waals surface area contributed by atoms with E-state index in [1.54, 1.807) is 4.57 Å². The van der Waals surface area contributed by atoms with Gasteiger partial charge in [0.25, 0.3) is 5.91 Å². The summed E-state index contributed by atoms with van der Waals surface area (Å²) < 4.78 is 1.64. The predicted molar refractivity (Wildman–Crippen MR) is 113 cm³/mol. The van der Waals surface area contributed by atoms with Crippen LogP contribution in [0.4, 0.5) is 0 Å². The molecule has 2 aromatic heterocycles. The van der Waals surface area contributed by atoms with Gasteiger partial charge >= 0.3 is 5.69 Å². The second kappa shape index (κ2) is 7.29. The number of benzene rings is 2. The van der Waals surface area contributed by atoms with E-state index >= 15 is 0 Å². The first-order valence-electron chi connectivity index (χ1n) is 10.1. The number of amides is 1. The van der Waals surface area contributed by atoms with Gasteiger partial charge in [-0.1, -0.05) is 35.9 Å². The highest BCUT2D eigenvalue weighted by Crippen LogP contribution is 2.28. The molecule has 0 aliphatic carbocycles. The van der Waals surface area contributed by atoms with Crippen LogP contribution in [0.5, 0.6) is 0 Å². The van der Waals surface area contributed by atoms with Gasteiger partial charge in [0.1, 0.15) is 5.82 Å². The van der Waals surface area contributed by atoms with E-state index in [2.05, 4.69) is 20.4 Å². The number of aromatic nitrogens is 5. The maximum absolute atomic E-state index is 13.0. The van der Waals surface area contributed by atoms with Crippen LogP contribution in [0.15, 0.2) is 53.3 Å². The fourth-order valence-electron chi connectivity index (χ4n) is 4.14. The van der Waals surface area contributed by atoms with Crippen LogP contribution in [-0.2, 0) is 0 Å². The average Bonchev–Trinajstić information content (AvgIpc) is 3.38. The Kier molecular flexibility index (Phi) is 4.46. The third-order valence-corrected chi connectivity index (χ3v) is 5.81. The number of hydrogen-bond donors (Lipinski definition) is 2. The van der Waals surface area contributed by atoms with E-state index in [0.717, 1.165) is 40.8 Å². The summed E-state index contributed by atoms with van der Waals surface area (Å²) in [6.07, 6.45) is 1.48. The molecule has 1 aliphatic rings. The smallest absolute Gasteiger partial charge is 0.337 e. The molecule has 0 atom stereocenters. The van der Waals surface area contributed by atoms with Crippen molar-refractivity contribution >= 4 is 16.8 Å². The molecule has 0 bridgehead atoms. The minimum absolute atomic E-state index is 0.0659. The summed E-state index contributed by atoms with van der Waals surface area (Å²) in [4.78, 5) is 27.2. The second-order valence-corrected chi connectivity index (χ2v) is 7.74. The second-order valence-electron chi connectivity index (χ2n) is 7.74. The Morgan fingerprint density at radius 3 is 2.50 bits per heavy atom. The molecule has 8 heteroatoms. The van der Waals surface area contributed by atoms with E-state index in [9.17, 15) is 9.59 Å². The Balaban J connectivity index is 1.35. The quantitative estimate of drug-likeness (QED) is 0.550. The number of aromatic amines is 2. The van der Waals surface area contributed by atoms with Gasteiger partial charge in [0, 0.05) is 24.4 Å². The molecule has 30 heavy (non-hydrogen) atoms. The van der Waals surface area contributed by atoms with E-state index in [1.807, 2.05) is 60.4 Å². The molecule has 1 saturated heterocycles. The van der Waals surface area contributed by atoms with Crippen molar-refractivity contribution in [2.75, 3.05) is 13.1 Å². The standard InChI is InChI=1S/C22H22N6O2/c1-14-6-8-16(9-7-14)28-20(25-26-22(28)30)15-10-12-27(13-11-15)21(29)19-17-4-2-3-5-18(17)23-24-19/h2-9,15H,10-13H2,1H3,(H,23,24)(H,26,30). The largest absolute Gasteiger partial charge is 0.347 e. The number of H-pyrrole nitrogens is 2. The molecule has 0 unspecified atom stereocenters. The van der Waals surface area contributed by atoms with Gasteiger partial charge in [-0.2, -0.15) is 10.2 Å². The Morgan fingerprint density at radius 2 is 1.73 bits per heavy atom. The van der Waals surface area contributed by atoms with Crippen molar-refractivity contribution in [3.63, 3.8) is 0 Å². The zero-order chi connectivity index (χ0) is 20.7. The summed E-state index contributed by atoms with van der Waals surface area (Å²) in [7, 11) is 0. The van der Waals surface area contributed by atoms with Crippen LogP contribution >= 0.6 is 0 Å². The Bertz CT molecular complexity index is 1260. The number of piperidine rings is 1. The molecule has 8 nitrogen and oxygen atoms in total. The van der Waals surface area contributed by atoms with Gasteiger partial charge in [0.2, 0.25) is 0 Å². The maximum atomic E-state index is 13.0. The van der Waals surface area contributed by atoms with Crippen molar-refractivity contribution < 1.29 is 4.79 Å². The van der Waals surface area contributed by atoms with Gasteiger partial charge in [0.15, 0.2) is 5.69 Å². The van der Waals surface area contributed by atoms with E-state index < -0.39 is 0 Å². The molecule has 1 aliphatic heterocycles. The van der Waals surface area contributed by atoms with Gasteiger partial charge in [-0.05, 0) is 38.0 Å². The van der Waals surface area contributed by atoms with Crippen LogP contribution in [0.25, 0.3) is 16.6 Å². The average molecular weight is 402 g/mol. The lowest BCUT2D eigenvalue weighted by Crippen LogP contribution is -2.38. The van der Waals surface area contributed by atoms with Crippen LogP contribution < -0.4 is 5.69 Å². The van der Waals surface area contributed by atoms with Crippen LogP contribution in [0.3, 0.4) is 0 Å². The zero-order valence-electron chi connectivity index (χ0n) is 16.6. The molecular weight excluding hydrogens is 380 g/mol. The Labute approximate surface area is 172 Å². The summed E-state index contributed by atoms with van der Waals surface area (Å²) in [5.41, 5.74) is 3.01. The van der Waals surface area contributed by atoms with Gasteiger partial charge in [0.05, 0.1) is 11.2 Å². The number of fused-ring (bicyclic) bond motifs is 1. The normalized spacial score (nSPS) is 15.0. The van der Waals surface area contributed by atoms with Crippen molar-refractivity contribution in [1.29, 1.82) is 0 Å². The SMILES string of the molecule is Cc1ccc(-n2c(C3CCN(C(=O)c4n[nH]c5ccccc45)CC3)n[nH]c2=O)cc1. The van der Waals surface area contributed by atoms with Gasteiger partial charge in [-0.3, -0.25) is 9.89 Å². The molecule has 0 saturated carbocycles. The highest BCUT2D eigenvalue weighted by molar-refractivity contribution is 6.04. The first-order chi connectivity index (χ1) is 14.6. The summed E-state index contributed by atoms with van der Waals surface area (Å²) in [5, 5.41) is 14.9. The first kappa shape index (κ1) is 18.4. The fraction of sp³-hybridized carbons (Fsp3) is 0.273. The summed E-state index contributed by atoms with van der Waals surface area (Å²) in [6.45, 7) is 3.21. The predicted octanol–water partition coefficient (Wildman–Crippen LogP) is 2.77. The number of carbonyl (C=O) groups is 1. The Morgan fingerprint density at radius 1 is 1.00 bits per heavy atom. The number of likely N-dealkylation sites (tertiary alicyclic amines) is 1. The zero-order valence-corrected chi connectivity index (χ0v) is 16.6. The summed E-state index contributed by atoms with van der Waals surface area (Å²) >= 11 is 0. The highest BCUT2D eigenvalue weighted by Gasteiger charge is 2.30. The van der Waals surface area contributed by atoms with E-state index in [4.69, 9.17) is 0 Å². The number of nitrogens with one attached hydrogen (secondary N) is 2. The van der Waals surface area contributed by atoms with E-state index in [1.165, 1.54) is 0 Å². The van der Waals surface area contributed by atoms with E-state index in [0.29, 0.717) is 18.8 Å². The van der Waals surface area contributed by atoms with Crippen LogP contribution in [0.2, 0.25) is 0 Å². The highest BCUT2D eigenvalue weighted by atomic mass is 16.2. The summed E-state index contributed by atoms with van der Waals surface area (Å²) in [5.74, 6) is 0.759. The number of nitrogens with zero attached hydrogens (tertiary/aromatic N) is 4. The molecule has 0 spiro atoms. The summed E-state index contributed by atoms with van der Waals surface area (Å²) in [6, 6.07) is 15.5. The topological polar surface area (TPSA) is 99.7 Å². The lowest BCUT2D eigenvalue weighted by molar-refractivity contribution is 0.0706. The lowest BCUT2D eigenvalue weighted by Gasteiger charge is -2.31. The Hall–Kier alpha value is -3.68.